The molecule has 0 N–H and O–H groups in total. The minimum Gasteiger partial charge on any atom is -0.360 e. The van der Waals surface area contributed by atoms with Crippen molar-refractivity contribution < 1.29 is 14.1 Å². The molecule has 2 amide bonds. The van der Waals surface area contributed by atoms with Gasteiger partial charge in [-0.1, -0.05) is 64.8 Å². The highest BCUT2D eigenvalue weighted by Crippen LogP contribution is 2.38. The number of rotatable bonds is 4. The van der Waals surface area contributed by atoms with E-state index in [9.17, 15) is 9.59 Å². The Hall–Kier alpha value is -2.87. The van der Waals surface area contributed by atoms with Crippen LogP contribution in [0.1, 0.15) is 51.5 Å². The normalized spacial score (nSPS) is 17.2. The third kappa shape index (κ3) is 4.96. The Morgan fingerprint density at radius 3 is 2.10 bits per heavy atom. The van der Waals surface area contributed by atoms with E-state index < -0.39 is 0 Å². The van der Waals surface area contributed by atoms with Gasteiger partial charge in [-0.2, -0.15) is 0 Å². The van der Waals surface area contributed by atoms with Crippen LogP contribution in [0.25, 0.3) is 21.3 Å². The lowest BCUT2D eigenvalue weighted by molar-refractivity contribution is 0.0539. The highest BCUT2D eigenvalue weighted by Gasteiger charge is 2.35. The lowest BCUT2D eigenvalue weighted by Crippen LogP contribution is -2.44. The van der Waals surface area contributed by atoms with E-state index in [1.165, 1.54) is 11.3 Å². The molecule has 2 fully saturated rings. The molecule has 2 aromatic heterocycles. The van der Waals surface area contributed by atoms with Crippen LogP contribution in [-0.4, -0.2) is 52.9 Å². The highest BCUT2D eigenvalue weighted by molar-refractivity contribution is 7.21. The molecule has 0 atom stereocenters. The van der Waals surface area contributed by atoms with E-state index >= 15 is 0 Å². The largest absolute Gasteiger partial charge is 0.360 e. The number of carbonyl (C=O) groups is 2. The van der Waals surface area contributed by atoms with Crippen molar-refractivity contribution >= 4 is 56.4 Å². The van der Waals surface area contributed by atoms with Gasteiger partial charge in [0, 0.05) is 41.8 Å². The van der Waals surface area contributed by atoms with E-state index in [2.05, 4.69) is 5.16 Å². The molecule has 0 aliphatic carbocycles. The molecule has 4 heterocycles. The number of aryl methyl sites for hydroxylation is 1. The van der Waals surface area contributed by atoms with Gasteiger partial charge in [0.05, 0.1) is 10.0 Å². The number of carbonyl (C=O) groups excluding carboxylic acids is 2. The summed E-state index contributed by atoms with van der Waals surface area (Å²) in [5, 5.41) is 6.22. The molecule has 6 rings (SSSR count). The molecule has 2 aliphatic heterocycles. The SMILES string of the molecule is Cc1onc(-c2ccccc2Cl)c1C(=O)N1CCC(C2CCN(C(=O)c3sc4ccccc4c3Cl)CC2)CC1. The number of halogens is 2. The van der Waals surface area contributed by atoms with Gasteiger partial charge in [0.15, 0.2) is 0 Å². The van der Waals surface area contributed by atoms with Crippen LogP contribution >= 0.6 is 34.5 Å². The van der Waals surface area contributed by atoms with Gasteiger partial charge in [-0.05, 0) is 56.6 Å². The highest BCUT2D eigenvalue weighted by atomic mass is 35.5. The van der Waals surface area contributed by atoms with E-state index in [1.54, 1.807) is 13.0 Å². The Labute approximate surface area is 241 Å². The van der Waals surface area contributed by atoms with Crippen molar-refractivity contribution in [2.24, 2.45) is 11.8 Å². The molecule has 0 spiro atoms. The fourth-order valence-electron chi connectivity index (χ4n) is 6.06. The maximum Gasteiger partial charge on any atom is 0.265 e. The standard InChI is InChI=1S/C30H29Cl2N3O3S/c1-18-25(27(33-38-18)21-6-2-4-8-23(21)31)29(36)34-14-10-19(11-15-34)20-12-16-35(17-13-20)30(37)28-26(32)22-7-3-5-9-24(22)39-28/h2-9,19-20H,10-17H2,1H3. The van der Waals surface area contributed by atoms with E-state index in [0.29, 0.717) is 62.4 Å². The first-order valence-corrected chi connectivity index (χ1v) is 15.0. The molecule has 2 saturated heterocycles. The van der Waals surface area contributed by atoms with Crippen LogP contribution in [0.4, 0.5) is 0 Å². The number of hydrogen-bond acceptors (Lipinski definition) is 5. The van der Waals surface area contributed by atoms with Crippen LogP contribution in [0.15, 0.2) is 53.1 Å². The lowest BCUT2D eigenvalue weighted by atomic mass is 9.78. The van der Waals surface area contributed by atoms with Crippen molar-refractivity contribution in [3.8, 4) is 11.3 Å². The fourth-order valence-corrected chi connectivity index (χ4v) is 7.77. The number of nitrogens with zero attached hydrogens (tertiary/aromatic N) is 3. The fraction of sp³-hybridized carbons (Fsp3) is 0.367. The van der Waals surface area contributed by atoms with E-state index in [-0.39, 0.29) is 11.8 Å². The van der Waals surface area contributed by atoms with Crippen molar-refractivity contribution in [3.63, 3.8) is 0 Å². The molecular weight excluding hydrogens is 553 g/mol. The Balaban J connectivity index is 1.06. The average Bonchev–Trinajstić information content (AvgIpc) is 3.52. The number of hydrogen-bond donors (Lipinski definition) is 0. The lowest BCUT2D eigenvalue weighted by Gasteiger charge is -2.40. The minimum absolute atomic E-state index is 0.0403. The van der Waals surface area contributed by atoms with Gasteiger partial charge in [0.2, 0.25) is 0 Å². The maximum atomic E-state index is 13.5. The third-order valence-electron chi connectivity index (χ3n) is 8.26. The number of likely N-dealkylation sites (tertiary alicyclic amines) is 2. The molecule has 2 aliphatic rings. The molecule has 0 unspecified atom stereocenters. The number of aromatic nitrogens is 1. The smallest absolute Gasteiger partial charge is 0.265 e. The second kappa shape index (κ2) is 11.0. The molecule has 4 aromatic rings. The molecule has 6 nitrogen and oxygen atoms in total. The predicted octanol–water partition coefficient (Wildman–Crippen LogP) is 7.58. The zero-order valence-electron chi connectivity index (χ0n) is 21.7. The Bertz CT molecular complexity index is 1530. The van der Waals surface area contributed by atoms with Crippen molar-refractivity contribution in [2.75, 3.05) is 26.2 Å². The van der Waals surface area contributed by atoms with Gasteiger partial charge in [0.25, 0.3) is 11.8 Å². The minimum atomic E-state index is -0.0530. The number of benzene rings is 2. The van der Waals surface area contributed by atoms with Crippen LogP contribution < -0.4 is 0 Å². The van der Waals surface area contributed by atoms with Gasteiger partial charge < -0.3 is 14.3 Å². The Kier molecular flexibility index (Phi) is 7.40. The summed E-state index contributed by atoms with van der Waals surface area (Å²) in [4.78, 5) is 31.3. The summed E-state index contributed by atoms with van der Waals surface area (Å²) in [5.74, 6) is 1.60. The molecule has 0 bridgehead atoms. The molecule has 0 radical (unpaired) electrons. The number of amides is 2. The monoisotopic (exact) mass is 581 g/mol. The summed E-state index contributed by atoms with van der Waals surface area (Å²) < 4.78 is 6.47. The second-order valence-electron chi connectivity index (χ2n) is 10.4. The second-order valence-corrected chi connectivity index (χ2v) is 12.3. The summed E-state index contributed by atoms with van der Waals surface area (Å²) in [6.45, 7) is 4.66. The topological polar surface area (TPSA) is 66.7 Å². The molecular formula is C30H29Cl2N3O3S. The van der Waals surface area contributed by atoms with Gasteiger partial charge in [-0.15, -0.1) is 11.3 Å². The summed E-state index contributed by atoms with van der Waals surface area (Å²) in [6, 6.07) is 15.3. The van der Waals surface area contributed by atoms with Crippen LogP contribution in [-0.2, 0) is 0 Å². The van der Waals surface area contributed by atoms with Crippen molar-refractivity contribution in [3.05, 3.63) is 74.8 Å². The van der Waals surface area contributed by atoms with E-state index in [0.717, 1.165) is 48.9 Å². The van der Waals surface area contributed by atoms with Crippen molar-refractivity contribution in [1.29, 1.82) is 0 Å². The summed E-state index contributed by atoms with van der Waals surface area (Å²) in [5.41, 5.74) is 1.70. The molecule has 2 aromatic carbocycles. The molecule has 39 heavy (non-hydrogen) atoms. The first kappa shape index (κ1) is 26.4. The van der Waals surface area contributed by atoms with Crippen molar-refractivity contribution in [1.82, 2.24) is 15.0 Å². The zero-order chi connectivity index (χ0) is 27.1. The molecule has 0 saturated carbocycles. The quantitative estimate of drug-likeness (QED) is 0.249. The summed E-state index contributed by atoms with van der Waals surface area (Å²) in [6.07, 6.45) is 3.87. The maximum absolute atomic E-state index is 13.5. The zero-order valence-corrected chi connectivity index (χ0v) is 24.0. The van der Waals surface area contributed by atoms with E-state index in [4.69, 9.17) is 27.7 Å². The molecule has 202 valence electrons. The first-order valence-electron chi connectivity index (χ1n) is 13.4. The van der Waals surface area contributed by atoms with Gasteiger partial charge >= 0.3 is 0 Å². The van der Waals surface area contributed by atoms with E-state index in [1.807, 2.05) is 52.3 Å². The summed E-state index contributed by atoms with van der Waals surface area (Å²) >= 11 is 14.4. The van der Waals surface area contributed by atoms with Crippen LogP contribution in [0.5, 0.6) is 0 Å². The van der Waals surface area contributed by atoms with Crippen LogP contribution in [0.2, 0.25) is 10.0 Å². The summed E-state index contributed by atoms with van der Waals surface area (Å²) in [7, 11) is 0. The first-order chi connectivity index (χ1) is 18.9. The number of fused-ring (bicyclic) bond motifs is 1. The van der Waals surface area contributed by atoms with Gasteiger partial charge in [0.1, 0.15) is 21.9 Å². The number of piperidine rings is 2. The van der Waals surface area contributed by atoms with Gasteiger partial charge in [-0.25, -0.2) is 0 Å². The van der Waals surface area contributed by atoms with Gasteiger partial charge in [-0.3, -0.25) is 9.59 Å². The van der Waals surface area contributed by atoms with Crippen molar-refractivity contribution in [2.45, 2.75) is 32.6 Å². The predicted molar refractivity (Wildman–Crippen MR) is 156 cm³/mol. The third-order valence-corrected chi connectivity index (χ3v) is 10.2. The Morgan fingerprint density at radius 1 is 0.872 bits per heavy atom. The average molecular weight is 583 g/mol. The Morgan fingerprint density at radius 2 is 1.46 bits per heavy atom. The van der Waals surface area contributed by atoms with Crippen LogP contribution in [0, 0.1) is 18.8 Å². The number of thiophene rings is 1. The van der Waals surface area contributed by atoms with Crippen LogP contribution in [0.3, 0.4) is 0 Å². The molecule has 9 heteroatoms.